The largest absolute Gasteiger partial charge is 0.573 e. The van der Waals surface area contributed by atoms with Gasteiger partial charge in [0.15, 0.2) is 6.10 Å². The first-order chi connectivity index (χ1) is 15.5. The number of methoxy groups -OCH3 is 1. The second kappa shape index (κ2) is 11.4. The summed E-state index contributed by atoms with van der Waals surface area (Å²) in [4.78, 5) is 23.6. The molecule has 2 rings (SSSR count). The Hall–Kier alpha value is -3.47. The third-order valence-electron chi connectivity index (χ3n) is 4.15. The second-order valence-corrected chi connectivity index (χ2v) is 7.14. The van der Waals surface area contributed by atoms with Gasteiger partial charge in [-0.25, -0.2) is 9.59 Å². The molecule has 0 spiro atoms. The zero-order chi connectivity index (χ0) is 24.6. The van der Waals surface area contributed by atoms with Gasteiger partial charge in [-0.3, -0.25) is 5.32 Å². The summed E-state index contributed by atoms with van der Waals surface area (Å²) >= 11 is 0. The Balaban J connectivity index is 2.04. The highest BCUT2D eigenvalue weighted by Gasteiger charge is 2.31. The summed E-state index contributed by atoms with van der Waals surface area (Å²) in [5.41, 5.74) is 1.08. The lowest BCUT2D eigenvalue weighted by Crippen LogP contribution is -2.29. The van der Waals surface area contributed by atoms with E-state index >= 15 is 0 Å². The number of carbonyl (C=O) groups excluding carboxylic acids is 1. The van der Waals surface area contributed by atoms with E-state index in [2.05, 4.69) is 10.1 Å². The number of carbonyl (C=O) groups is 2. The van der Waals surface area contributed by atoms with Gasteiger partial charge in [-0.05, 0) is 55.3 Å². The average molecular weight is 471 g/mol. The number of carboxylic acids is 1. The molecule has 2 aromatic carbocycles. The minimum absolute atomic E-state index is 0.00669. The highest BCUT2D eigenvalue weighted by Crippen LogP contribution is 2.26. The van der Waals surface area contributed by atoms with Gasteiger partial charge in [0.05, 0.1) is 13.2 Å². The Labute approximate surface area is 188 Å². The van der Waals surface area contributed by atoms with Crippen LogP contribution in [0.25, 0.3) is 0 Å². The minimum Gasteiger partial charge on any atom is -0.496 e. The Kier molecular flexibility index (Phi) is 8.92. The molecule has 11 heteroatoms. The summed E-state index contributed by atoms with van der Waals surface area (Å²) in [6.45, 7) is 3.13. The summed E-state index contributed by atoms with van der Waals surface area (Å²) in [5, 5.41) is 11.9. The second-order valence-electron chi connectivity index (χ2n) is 7.14. The molecule has 8 nitrogen and oxygen atoms in total. The van der Waals surface area contributed by atoms with Crippen molar-refractivity contribution in [1.82, 2.24) is 0 Å². The Morgan fingerprint density at radius 3 is 2.45 bits per heavy atom. The number of anilines is 1. The lowest BCUT2D eigenvalue weighted by atomic mass is 10.1. The molecule has 0 fully saturated rings. The van der Waals surface area contributed by atoms with Crippen molar-refractivity contribution >= 4 is 17.7 Å². The maximum atomic E-state index is 12.3. The summed E-state index contributed by atoms with van der Waals surface area (Å²) < 4.78 is 56.6. The first-order valence-corrected chi connectivity index (χ1v) is 9.80. The van der Waals surface area contributed by atoms with E-state index in [0.29, 0.717) is 17.0 Å². The number of carboxylic acid groups (broad SMARTS) is 1. The zero-order valence-electron chi connectivity index (χ0n) is 18.1. The van der Waals surface area contributed by atoms with Gasteiger partial charge in [-0.2, -0.15) is 0 Å². The number of nitrogens with one attached hydrogen (secondary N) is 1. The van der Waals surface area contributed by atoms with Crippen molar-refractivity contribution in [3.63, 3.8) is 0 Å². The summed E-state index contributed by atoms with van der Waals surface area (Å²) in [7, 11) is 1.43. The number of rotatable bonds is 10. The van der Waals surface area contributed by atoms with E-state index in [1.54, 1.807) is 19.9 Å². The van der Waals surface area contributed by atoms with Gasteiger partial charge in [0.1, 0.15) is 18.1 Å². The molecule has 0 aliphatic carbocycles. The van der Waals surface area contributed by atoms with Crippen LogP contribution in [0.5, 0.6) is 11.5 Å². The molecule has 0 heterocycles. The molecule has 33 heavy (non-hydrogen) atoms. The topological polar surface area (TPSA) is 103 Å². The van der Waals surface area contributed by atoms with Crippen molar-refractivity contribution in [3.05, 3.63) is 53.6 Å². The smallest absolute Gasteiger partial charge is 0.496 e. The Morgan fingerprint density at radius 2 is 1.85 bits per heavy atom. The maximum absolute atomic E-state index is 12.3. The highest BCUT2D eigenvalue weighted by molar-refractivity contribution is 5.85. The van der Waals surface area contributed by atoms with Crippen molar-refractivity contribution < 1.29 is 46.8 Å². The molecular formula is C22H24F3NO7. The third kappa shape index (κ3) is 8.89. The standard InChI is InChI=1S/C22H24F3NO7/c1-13(2)32-19(20(27)28)11-15-10-16(7-8-18(15)30-3)26-21(29)31-12-14-5-4-6-17(9-14)33-22(23,24)25/h4-10,13,19H,11-12H2,1-3H3,(H,26,29)(H,27,28). The van der Waals surface area contributed by atoms with E-state index in [9.17, 15) is 27.9 Å². The van der Waals surface area contributed by atoms with Crippen LogP contribution in [0.1, 0.15) is 25.0 Å². The molecular weight excluding hydrogens is 447 g/mol. The molecule has 0 aliphatic rings. The predicted octanol–water partition coefficient (Wildman–Crippen LogP) is 4.76. The number of alkyl halides is 3. The van der Waals surface area contributed by atoms with E-state index in [4.69, 9.17) is 14.2 Å². The van der Waals surface area contributed by atoms with E-state index in [-0.39, 0.29) is 24.7 Å². The Morgan fingerprint density at radius 1 is 1.12 bits per heavy atom. The highest BCUT2D eigenvalue weighted by atomic mass is 19.4. The number of aliphatic carboxylic acids is 1. The van der Waals surface area contributed by atoms with E-state index in [1.807, 2.05) is 0 Å². The van der Waals surface area contributed by atoms with Crippen LogP contribution in [0.2, 0.25) is 0 Å². The third-order valence-corrected chi connectivity index (χ3v) is 4.15. The van der Waals surface area contributed by atoms with Crippen LogP contribution in [0.3, 0.4) is 0 Å². The van der Waals surface area contributed by atoms with Crippen molar-refractivity contribution in [2.75, 3.05) is 12.4 Å². The minimum atomic E-state index is -4.83. The van der Waals surface area contributed by atoms with Crippen LogP contribution in [0.15, 0.2) is 42.5 Å². The number of ether oxygens (including phenoxy) is 4. The van der Waals surface area contributed by atoms with Gasteiger partial charge in [-0.15, -0.1) is 13.2 Å². The van der Waals surface area contributed by atoms with Gasteiger partial charge < -0.3 is 24.1 Å². The van der Waals surface area contributed by atoms with Gasteiger partial charge in [0, 0.05) is 12.1 Å². The van der Waals surface area contributed by atoms with Crippen molar-refractivity contribution in [2.24, 2.45) is 0 Å². The molecule has 0 aromatic heterocycles. The molecule has 180 valence electrons. The van der Waals surface area contributed by atoms with Crippen LogP contribution >= 0.6 is 0 Å². The number of hydrogen-bond donors (Lipinski definition) is 2. The molecule has 1 amide bonds. The number of halogens is 3. The molecule has 0 radical (unpaired) electrons. The fraction of sp³-hybridized carbons (Fsp3) is 0.364. The molecule has 2 aromatic rings. The molecule has 0 saturated carbocycles. The van der Waals surface area contributed by atoms with Crippen molar-refractivity contribution in [1.29, 1.82) is 0 Å². The summed E-state index contributed by atoms with van der Waals surface area (Å²) in [6.07, 6.45) is -7.13. The molecule has 1 atom stereocenters. The SMILES string of the molecule is COc1ccc(NC(=O)OCc2cccc(OC(F)(F)F)c2)cc1CC(OC(C)C)C(=O)O. The molecule has 0 saturated heterocycles. The van der Waals surface area contributed by atoms with E-state index in [0.717, 1.165) is 12.1 Å². The van der Waals surface area contributed by atoms with Crippen molar-refractivity contribution in [2.45, 2.75) is 45.4 Å². The molecule has 2 N–H and O–H groups in total. The van der Waals surface area contributed by atoms with Crippen LogP contribution < -0.4 is 14.8 Å². The summed E-state index contributed by atoms with van der Waals surface area (Å²) in [6, 6.07) is 9.65. The van der Waals surface area contributed by atoms with Gasteiger partial charge in [0.2, 0.25) is 0 Å². The zero-order valence-corrected chi connectivity index (χ0v) is 18.1. The van der Waals surface area contributed by atoms with Crippen LogP contribution in [0, 0.1) is 0 Å². The average Bonchev–Trinajstić information content (AvgIpc) is 2.70. The van der Waals surface area contributed by atoms with Gasteiger partial charge >= 0.3 is 18.4 Å². The first kappa shape index (κ1) is 25.8. The Bertz CT molecular complexity index is 963. The molecule has 1 unspecified atom stereocenters. The normalized spacial score (nSPS) is 12.2. The fourth-order valence-corrected chi connectivity index (χ4v) is 2.87. The summed E-state index contributed by atoms with van der Waals surface area (Å²) in [5.74, 6) is -1.16. The van der Waals surface area contributed by atoms with Gasteiger partial charge in [0.25, 0.3) is 0 Å². The molecule has 0 aliphatic heterocycles. The fourth-order valence-electron chi connectivity index (χ4n) is 2.87. The van der Waals surface area contributed by atoms with E-state index in [1.165, 1.54) is 31.4 Å². The lowest BCUT2D eigenvalue weighted by molar-refractivity contribution is -0.274. The number of hydrogen-bond acceptors (Lipinski definition) is 6. The number of benzene rings is 2. The molecule has 0 bridgehead atoms. The first-order valence-electron chi connectivity index (χ1n) is 9.80. The van der Waals surface area contributed by atoms with Crippen molar-refractivity contribution in [3.8, 4) is 11.5 Å². The van der Waals surface area contributed by atoms with Gasteiger partial charge in [-0.1, -0.05) is 12.1 Å². The predicted molar refractivity (Wildman–Crippen MR) is 111 cm³/mol. The van der Waals surface area contributed by atoms with Crippen LogP contribution in [0.4, 0.5) is 23.7 Å². The monoisotopic (exact) mass is 471 g/mol. The van der Waals surface area contributed by atoms with Crippen LogP contribution in [-0.4, -0.2) is 42.8 Å². The number of amides is 1. The van der Waals surface area contributed by atoms with E-state index < -0.39 is 30.3 Å². The van der Waals surface area contributed by atoms with Crippen LogP contribution in [-0.2, 0) is 27.3 Å². The maximum Gasteiger partial charge on any atom is 0.573 e. The lowest BCUT2D eigenvalue weighted by Gasteiger charge is -2.18. The quantitative estimate of drug-likeness (QED) is 0.515.